The molecule has 21 heavy (non-hydrogen) atoms. The van der Waals surface area contributed by atoms with Crippen LogP contribution in [-0.4, -0.2) is 35.4 Å². The molecule has 1 unspecified atom stereocenters. The zero-order valence-corrected chi connectivity index (χ0v) is 13.4. The van der Waals surface area contributed by atoms with E-state index in [0.717, 1.165) is 28.7 Å². The van der Waals surface area contributed by atoms with E-state index < -0.39 is 0 Å². The second kappa shape index (κ2) is 5.73. The lowest BCUT2D eigenvalue weighted by atomic mass is 9.95. The summed E-state index contributed by atoms with van der Waals surface area (Å²) in [4.78, 5) is 18.9. The quantitative estimate of drug-likeness (QED) is 0.784. The van der Waals surface area contributed by atoms with Crippen molar-refractivity contribution in [3.8, 4) is 0 Å². The SMILES string of the molecule is COC(=O)C1=C(C)N=C2SCCN2C1c1ccc(Cl)cc1. The van der Waals surface area contributed by atoms with Crippen LogP contribution in [0, 0.1) is 0 Å². The first-order valence-corrected chi connectivity index (χ1v) is 8.01. The molecule has 4 nitrogen and oxygen atoms in total. The zero-order chi connectivity index (χ0) is 15.0. The van der Waals surface area contributed by atoms with E-state index in [2.05, 4.69) is 9.89 Å². The zero-order valence-electron chi connectivity index (χ0n) is 11.8. The van der Waals surface area contributed by atoms with Gasteiger partial charge in [0.15, 0.2) is 5.17 Å². The lowest BCUT2D eigenvalue weighted by molar-refractivity contribution is -0.136. The van der Waals surface area contributed by atoms with Gasteiger partial charge in [-0.3, -0.25) is 0 Å². The fourth-order valence-electron chi connectivity index (χ4n) is 2.67. The standard InChI is InChI=1S/C15H15ClN2O2S/c1-9-12(14(19)20-2)13(10-3-5-11(16)6-4-10)18-7-8-21-15(18)17-9/h3-6,13H,7-8H2,1-2H3. The van der Waals surface area contributed by atoms with Crippen LogP contribution in [0.2, 0.25) is 5.02 Å². The Morgan fingerprint density at radius 3 is 2.81 bits per heavy atom. The van der Waals surface area contributed by atoms with Gasteiger partial charge < -0.3 is 9.64 Å². The van der Waals surface area contributed by atoms with E-state index in [9.17, 15) is 4.79 Å². The van der Waals surface area contributed by atoms with Crippen molar-refractivity contribution in [3.05, 3.63) is 46.1 Å². The summed E-state index contributed by atoms with van der Waals surface area (Å²) in [6, 6.07) is 7.44. The van der Waals surface area contributed by atoms with Gasteiger partial charge >= 0.3 is 5.97 Å². The Balaban J connectivity index is 2.11. The summed E-state index contributed by atoms with van der Waals surface area (Å²) >= 11 is 7.69. The molecule has 2 heterocycles. The van der Waals surface area contributed by atoms with Gasteiger partial charge in [0.1, 0.15) is 0 Å². The molecule has 1 saturated heterocycles. The topological polar surface area (TPSA) is 41.9 Å². The fourth-order valence-corrected chi connectivity index (χ4v) is 3.83. The van der Waals surface area contributed by atoms with E-state index in [1.807, 2.05) is 31.2 Å². The number of esters is 1. The second-order valence-corrected chi connectivity index (χ2v) is 6.38. The van der Waals surface area contributed by atoms with E-state index in [1.54, 1.807) is 11.8 Å². The van der Waals surface area contributed by atoms with Gasteiger partial charge in [0.25, 0.3) is 0 Å². The molecule has 2 aliphatic heterocycles. The van der Waals surface area contributed by atoms with Crippen LogP contribution in [0.4, 0.5) is 0 Å². The lowest BCUT2D eigenvalue weighted by Crippen LogP contribution is -2.36. The third-order valence-electron chi connectivity index (χ3n) is 3.64. The van der Waals surface area contributed by atoms with Crippen LogP contribution in [0.3, 0.4) is 0 Å². The number of fused-ring (bicyclic) bond motifs is 1. The highest BCUT2D eigenvalue weighted by Gasteiger charge is 2.38. The van der Waals surface area contributed by atoms with Crippen molar-refractivity contribution in [1.82, 2.24) is 4.90 Å². The summed E-state index contributed by atoms with van der Waals surface area (Å²) in [5.74, 6) is 0.650. The Morgan fingerprint density at radius 2 is 2.14 bits per heavy atom. The molecule has 1 fully saturated rings. The largest absolute Gasteiger partial charge is 0.466 e. The van der Waals surface area contributed by atoms with Gasteiger partial charge in [-0.15, -0.1) is 0 Å². The molecule has 0 bridgehead atoms. The number of rotatable bonds is 2. The minimum atomic E-state index is -0.327. The first kappa shape index (κ1) is 14.5. The monoisotopic (exact) mass is 322 g/mol. The molecule has 0 aromatic heterocycles. The number of carbonyl (C=O) groups excluding carboxylic acids is 1. The van der Waals surface area contributed by atoms with Gasteiger partial charge in [-0.25, -0.2) is 9.79 Å². The van der Waals surface area contributed by atoms with Crippen molar-refractivity contribution in [2.45, 2.75) is 13.0 Å². The molecular formula is C15H15ClN2O2S. The maximum absolute atomic E-state index is 12.2. The number of carbonyl (C=O) groups is 1. The summed E-state index contributed by atoms with van der Waals surface area (Å²) in [5, 5.41) is 1.65. The van der Waals surface area contributed by atoms with Gasteiger partial charge in [-0.1, -0.05) is 35.5 Å². The number of hydrogen-bond acceptors (Lipinski definition) is 5. The number of amidine groups is 1. The Bertz CT molecular complexity index is 640. The number of hydrogen-bond donors (Lipinski definition) is 0. The minimum absolute atomic E-state index is 0.155. The van der Waals surface area contributed by atoms with Crippen molar-refractivity contribution < 1.29 is 9.53 Å². The van der Waals surface area contributed by atoms with Crippen LogP contribution in [0.15, 0.2) is 40.5 Å². The van der Waals surface area contributed by atoms with E-state index in [1.165, 1.54) is 7.11 Å². The number of benzene rings is 1. The molecule has 3 rings (SSSR count). The second-order valence-electron chi connectivity index (χ2n) is 4.88. The molecule has 0 aliphatic carbocycles. The Kier molecular flexibility index (Phi) is 3.95. The first-order chi connectivity index (χ1) is 10.1. The average molecular weight is 323 g/mol. The first-order valence-electron chi connectivity index (χ1n) is 6.64. The molecule has 0 N–H and O–H groups in total. The molecule has 0 saturated carbocycles. The highest BCUT2D eigenvalue weighted by atomic mass is 35.5. The maximum Gasteiger partial charge on any atom is 0.338 e. The molecule has 0 radical (unpaired) electrons. The molecule has 1 aromatic rings. The third kappa shape index (κ3) is 2.56. The Labute approximate surface area is 132 Å². The Morgan fingerprint density at radius 1 is 1.43 bits per heavy atom. The highest BCUT2D eigenvalue weighted by Crippen LogP contribution is 2.40. The summed E-state index contributed by atoms with van der Waals surface area (Å²) in [7, 11) is 1.40. The van der Waals surface area contributed by atoms with Crippen molar-refractivity contribution in [2.24, 2.45) is 4.99 Å². The molecule has 2 aliphatic rings. The predicted molar refractivity (Wildman–Crippen MR) is 85.5 cm³/mol. The van der Waals surface area contributed by atoms with E-state index in [0.29, 0.717) is 10.6 Å². The molecular weight excluding hydrogens is 308 g/mol. The summed E-state index contributed by atoms with van der Waals surface area (Å²) < 4.78 is 4.96. The third-order valence-corrected chi connectivity index (χ3v) is 4.86. The molecule has 6 heteroatoms. The van der Waals surface area contributed by atoms with Crippen LogP contribution >= 0.6 is 23.4 Å². The summed E-state index contributed by atoms with van der Waals surface area (Å²) in [6.07, 6.45) is 0. The predicted octanol–water partition coefficient (Wildman–Crippen LogP) is 3.25. The van der Waals surface area contributed by atoms with Crippen LogP contribution < -0.4 is 0 Å². The number of halogens is 1. The van der Waals surface area contributed by atoms with E-state index >= 15 is 0 Å². The summed E-state index contributed by atoms with van der Waals surface area (Å²) in [6.45, 7) is 2.73. The van der Waals surface area contributed by atoms with Crippen LogP contribution in [0.1, 0.15) is 18.5 Å². The van der Waals surface area contributed by atoms with Crippen molar-refractivity contribution in [3.63, 3.8) is 0 Å². The molecule has 1 aromatic carbocycles. The van der Waals surface area contributed by atoms with Crippen molar-refractivity contribution >= 4 is 34.5 Å². The van der Waals surface area contributed by atoms with Crippen LogP contribution in [-0.2, 0) is 9.53 Å². The average Bonchev–Trinajstić information content (AvgIpc) is 2.94. The summed E-state index contributed by atoms with van der Waals surface area (Å²) in [5.41, 5.74) is 2.35. The number of thioether (sulfide) groups is 1. The van der Waals surface area contributed by atoms with Gasteiger partial charge in [0.2, 0.25) is 0 Å². The maximum atomic E-state index is 12.2. The number of methoxy groups -OCH3 is 1. The van der Waals surface area contributed by atoms with Crippen LogP contribution in [0.5, 0.6) is 0 Å². The lowest BCUT2D eigenvalue weighted by Gasteiger charge is -2.34. The van der Waals surface area contributed by atoms with Crippen molar-refractivity contribution in [1.29, 1.82) is 0 Å². The van der Waals surface area contributed by atoms with Gasteiger partial charge in [0.05, 0.1) is 24.4 Å². The normalized spacial score (nSPS) is 21.2. The van der Waals surface area contributed by atoms with Gasteiger partial charge in [0, 0.05) is 17.3 Å². The van der Waals surface area contributed by atoms with E-state index in [-0.39, 0.29) is 12.0 Å². The number of nitrogens with zero attached hydrogens (tertiary/aromatic N) is 2. The van der Waals surface area contributed by atoms with Crippen molar-refractivity contribution in [2.75, 3.05) is 19.4 Å². The molecule has 0 amide bonds. The number of aliphatic imine (C=N–C) groups is 1. The minimum Gasteiger partial charge on any atom is -0.466 e. The fraction of sp³-hybridized carbons (Fsp3) is 0.333. The number of ether oxygens (including phenoxy) is 1. The van der Waals surface area contributed by atoms with Gasteiger partial charge in [-0.05, 0) is 24.6 Å². The number of allylic oxidation sites excluding steroid dienone is 1. The van der Waals surface area contributed by atoms with Gasteiger partial charge in [-0.2, -0.15) is 0 Å². The highest BCUT2D eigenvalue weighted by molar-refractivity contribution is 8.14. The molecule has 110 valence electrons. The van der Waals surface area contributed by atoms with Crippen LogP contribution in [0.25, 0.3) is 0 Å². The molecule has 1 atom stereocenters. The van der Waals surface area contributed by atoms with E-state index in [4.69, 9.17) is 16.3 Å². The Hall–Kier alpha value is -1.46. The molecule has 0 spiro atoms. The smallest absolute Gasteiger partial charge is 0.338 e.